The molecule has 2 N–H and O–H groups in total. The SMILES string of the molecule is O=C(O)c1cc(Cl)c2c(c1)nc(-c1cc3cccnc3n1CC1CC1)n2CC1CNC1. The molecule has 0 amide bonds. The van der Waals surface area contributed by atoms with E-state index in [1.165, 1.54) is 18.9 Å². The average Bonchev–Trinajstić information content (AvgIpc) is 3.36. The van der Waals surface area contributed by atoms with Crippen molar-refractivity contribution in [2.75, 3.05) is 13.1 Å². The second-order valence-electron chi connectivity index (χ2n) is 8.70. The zero-order chi connectivity index (χ0) is 21.1. The maximum Gasteiger partial charge on any atom is 0.335 e. The van der Waals surface area contributed by atoms with E-state index in [9.17, 15) is 9.90 Å². The van der Waals surface area contributed by atoms with Crippen LogP contribution >= 0.6 is 11.6 Å². The summed E-state index contributed by atoms with van der Waals surface area (Å²) in [5.41, 5.74) is 3.54. The van der Waals surface area contributed by atoms with Gasteiger partial charge in [-0.05, 0) is 49.1 Å². The van der Waals surface area contributed by atoms with Crippen molar-refractivity contribution in [3.63, 3.8) is 0 Å². The number of carboxylic acid groups (broad SMARTS) is 1. The molecule has 3 aromatic heterocycles. The van der Waals surface area contributed by atoms with Crippen molar-refractivity contribution in [3.8, 4) is 11.5 Å². The fourth-order valence-electron chi connectivity index (χ4n) is 4.47. The minimum atomic E-state index is -1.00. The molecular formula is C23H22ClN5O2. The molecule has 8 heteroatoms. The lowest BCUT2D eigenvalue weighted by molar-refractivity contribution is 0.0697. The molecule has 0 atom stereocenters. The van der Waals surface area contributed by atoms with Gasteiger partial charge in [0.1, 0.15) is 5.65 Å². The van der Waals surface area contributed by atoms with Gasteiger partial charge >= 0.3 is 5.97 Å². The van der Waals surface area contributed by atoms with Crippen molar-refractivity contribution in [2.45, 2.75) is 25.9 Å². The van der Waals surface area contributed by atoms with Crippen LogP contribution in [0.2, 0.25) is 5.02 Å². The van der Waals surface area contributed by atoms with Gasteiger partial charge in [0, 0.05) is 43.7 Å². The molecule has 4 aromatic rings. The molecule has 0 radical (unpaired) electrons. The Morgan fingerprint density at radius 1 is 1.16 bits per heavy atom. The van der Waals surface area contributed by atoms with Gasteiger partial charge in [0.25, 0.3) is 0 Å². The fourth-order valence-corrected chi connectivity index (χ4v) is 4.78. The standard InChI is InChI=1S/C23H22ClN5O2/c24-17-6-16(23(30)31)7-18-20(17)29(12-14-9-25-10-14)22(27-18)19-8-15-2-1-5-26-21(15)28(19)11-13-3-4-13/h1-2,5-8,13-14,25H,3-4,9-12H2,(H,30,31). The van der Waals surface area contributed by atoms with Gasteiger partial charge in [-0.2, -0.15) is 0 Å². The van der Waals surface area contributed by atoms with Gasteiger partial charge in [-0.15, -0.1) is 0 Å². The molecule has 1 saturated carbocycles. The summed E-state index contributed by atoms with van der Waals surface area (Å²) in [4.78, 5) is 21.2. The maximum absolute atomic E-state index is 11.6. The Labute approximate surface area is 183 Å². The fraction of sp³-hybridized carbons (Fsp3) is 0.348. The van der Waals surface area contributed by atoms with Crippen molar-refractivity contribution in [1.82, 2.24) is 24.4 Å². The van der Waals surface area contributed by atoms with Crippen LogP contribution in [0.4, 0.5) is 0 Å². The summed E-state index contributed by atoms with van der Waals surface area (Å²) >= 11 is 6.61. The normalized spacial score (nSPS) is 16.8. The van der Waals surface area contributed by atoms with Crippen molar-refractivity contribution in [3.05, 3.63) is 47.1 Å². The summed E-state index contributed by atoms with van der Waals surface area (Å²) in [5, 5.41) is 14.3. The Morgan fingerprint density at radius 2 is 1.97 bits per heavy atom. The Hall–Kier alpha value is -2.90. The maximum atomic E-state index is 11.6. The summed E-state index contributed by atoms with van der Waals surface area (Å²) in [6, 6.07) is 9.32. The molecule has 1 saturated heterocycles. The summed E-state index contributed by atoms with van der Waals surface area (Å²) in [7, 11) is 0. The van der Waals surface area contributed by atoms with Crippen LogP contribution in [-0.2, 0) is 13.1 Å². The van der Waals surface area contributed by atoms with Crippen LogP contribution < -0.4 is 5.32 Å². The molecule has 7 nitrogen and oxygen atoms in total. The second kappa shape index (κ2) is 7.07. The molecule has 158 valence electrons. The highest BCUT2D eigenvalue weighted by Gasteiger charge is 2.28. The zero-order valence-corrected chi connectivity index (χ0v) is 17.6. The van der Waals surface area contributed by atoms with E-state index in [1.54, 1.807) is 6.07 Å². The van der Waals surface area contributed by atoms with E-state index in [2.05, 4.69) is 31.6 Å². The lowest BCUT2D eigenvalue weighted by Crippen LogP contribution is -2.44. The van der Waals surface area contributed by atoms with Crippen LogP contribution in [0.3, 0.4) is 0 Å². The Balaban J connectivity index is 1.60. The van der Waals surface area contributed by atoms with E-state index in [1.807, 2.05) is 12.3 Å². The van der Waals surface area contributed by atoms with E-state index in [4.69, 9.17) is 16.6 Å². The first-order valence-corrected chi connectivity index (χ1v) is 11.0. The Morgan fingerprint density at radius 3 is 2.68 bits per heavy atom. The van der Waals surface area contributed by atoms with Crippen LogP contribution in [0.1, 0.15) is 23.2 Å². The summed E-state index contributed by atoms with van der Waals surface area (Å²) in [5.74, 6) is 0.984. The number of aromatic nitrogens is 4. The van der Waals surface area contributed by atoms with E-state index in [0.717, 1.165) is 54.2 Å². The molecule has 6 rings (SSSR count). The third kappa shape index (κ3) is 3.20. The van der Waals surface area contributed by atoms with Crippen LogP contribution in [0, 0.1) is 11.8 Å². The van der Waals surface area contributed by atoms with E-state index in [0.29, 0.717) is 22.4 Å². The number of hydrogen-bond donors (Lipinski definition) is 2. The van der Waals surface area contributed by atoms with Gasteiger partial charge in [0.05, 0.1) is 27.3 Å². The van der Waals surface area contributed by atoms with Crippen molar-refractivity contribution >= 4 is 39.6 Å². The predicted octanol–water partition coefficient (Wildman–Crippen LogP) is 4.03. The highest BCUT2D eigenvalue weighted by molar-refractivity contribution is 6.35. The van der Waals surface area contributed by atoms with Gasteiger partial charge in [0.2, 0.25) is 0 Å². The first-order chi connectivity index (χ1) is 15.1. The summed E-state index contributed by atoms with van der Waals surface area (Å²) in [6.07, 6.45) is 4.31. The lowest BCUT2D eigenvalue weighted by Gasteiger charge is -2.28. The highest BCUT2D eigenvalue weighted by atomic mass is 35.5. The molecule has 2 fully saturated rings. The average molecular weight is 436 g/mol. The van der Waals surface area contributed by atoms with Gasteiger partial charge in [-0.1, -0.05) is 11.6 Å². The number of benzene rings is 1. The largest absolute Gasteiger partial charge is 0.478 e. The minimum absolute atomic E-state index is 0.152. The molecule has 1 aliphatic heterocycles. The number of carboxylic acids is 1. The van der Waals surface area contributed by atoms with Crippen molar-refractivity contribution in [2.24, 2.45) is 11.8 Å². The molecule has 0 unspecified atom stereocenters. The van der Waals surface area contributed by atoms with Crippen LogP contribution in [0.15, 0.2) is 36.5 Å². The quantitative estimate of drug-likeness (QED) is 0.477. The van der Waals surface area contributed by atoms with E-state index in [-0.39, 0.29) is 5.56 Å². The molecule has 1 aliphatic carbocycles. The van der Waals surface area contributed by atoms with Crippen LogP contribution in [0.5, 0.6) is 0 Å². The number of rotatable bonds is 6. The van der Waals surface area contributed by atoms with Crippen molar-refractivity contribution < 1.29 is 9.90 Å². The minimum Gasteiger partial charge on any atom is -0.478 e. The molecule has 1 aromatic carbocycles. The molecule has 31 heavy (non-hydrogen) atoms. The predicted molar refractivity (Wildman–Crippen MR) is 120 cm³/mol. The smallest absolute Gasteiger partial charge is 0.335 e. The Bertz CT molecular complexity index is 1330. The zero-order valence-electron chi connectivity index (χ0n) is 16.9. The van der Waals surface area contributed by atoms with Gasteiger partial charge in [0.15, 0.2) is 5.82 Å². The number of carbonyl (C=O) groups is 1. The van der Waals surface area contributed by atoms with Gasteiger partial charge < -0.3 is 19.6 Å². The van der Waals surface area contributed by atoms with Gasteiger partial charge in [-0.3, -0.25) is 0 Å². The monoisotopic (exact) mass is 435 g/mol. The summed E-state index contributed by atoms with van der Waals surface area (Å²) < 4.78 is 4.45. The number of halogens is 1. The van der Waals surface area contributed by atoms with E-state index >= 15 is 0 Å². The molecular weight excluding hydrogens is 414 g/mol. The number of nitrogens with one attached hydrogen (secondary N) is 1. The van der Waals surface area contributed by atoms with Crippen molar-refractivity contribution in [1.29, 1.82) is 0 Å². The Kier molecular flexibility index (Phi) is 4.30. The second-order valence-corrected chi connectivity index (χ2v) is 9.11. The van der Waals surface area contributed by atoms with Crippen LogP contribution in [0.25, 0.3) is 33.6 Å². The number of nitrogens with zero attached hydrogens (tertiary/aromatic N) is 4. The third-order valence-corrected chi connectivity index (χ3v) is 6.66. The van der Waals surface area contributed by atoms with E-state index < -0.39 is 5.97 Å². The first kappa shape index (κ1) is 18.8. The number of pyridine rings is 1. The third-order valence-electron chi connectivity index (χ3n) is 6.37. The first-order valence-electron chi connectivity index (χ1n) is 10.7. The number of hydrogen-bond acceptors (Lipinski definition) is 4. The summed E-state index contributed by atoms with van der Waals surface area (Å²) in [6.45, 7) is 3.61. The van der Waals surface area contributed by atoms with Gasteiger partial charge in [-0.25, -0.2) is 14.8 Å². The number of fused-ring (bicyclic) bond motifs is 2. The van der Waals surface area contributed by atoms with Crippen LogP contribution in [-0.4, -0.2) is 43.3 Å². The highest BCUT2D eigenvalue weighted by Crippen LogP contribution is 2.37. The molecule has 0 bridgehead atoms. The molecule has 0 spiro atoms. The topological polar surface area (TPSA) is 85.0 Å². The molecule has 2 aliphatic rings. The number of imidazole rings is 1. The molecule has 4 heterocycles. The number of aromatic carboxylic acids is 1. The lowest BCUT2D eigenvalue weighted by atomic mass is 10.0.